The van der Waals surface area contributed by atoms with Gasteiger partial charge in [0, 0.05) is 0 Å². The van der Waals surface area contributed by atoms with Crippen LogP contribution in [-0.4, -0.2) is 0 Å². The van der Waals surface area contributed by atoms with E-state index >= 15 is 0 Å². The van der Waals surface area contributed by atoms with Crippen LogP contribution in [0.3, 0.4) is 0 Å². The van der Waals surface area contributed by atoms with Gasteiger partial charge in [0.2, 0.25) is 0 Å². The Labute approximate surface area is 152 Å². The molecule has 1 unspecified atom stereocenters. The Morgan fingerprint density at radius 3 is 2.33 bits per heavy atom. The molecule has 0 aromatic heterocycles. The van der Waals surface area contributed by atoms with Gasteiger partial charge in [0.15, 0.2) is 0 Å². The summed E-state index contributed by atoms with van der Waals surface area (Å²) < 4.78 is 0. The fraction of sp³-hybridized carbons (Fsp3) is 0.667. The molecule has 0 aliphatic rings. The molecule has 24 heavy (non-hydrogen) atoms. The summed E-state index contributed by atoms with van der Waals surface area (Å²) in [4.78, 5) is 0. The average Bonchev–Trinajstić information content (AvgIpc) is 2.60. The molecule has 0 saturated carbocycles. The molecule has 0 amide bonds. The highest BCUT2D eigenvalue weighted by Gasteiger charge is 2.14. The van der Waals surface area contributed by atoms with Crippen molar-refractivity contribution in [1.29, 1.82) is 0 Å². The summed E-state index contributed by atoms with van der Waals surface area (Å²) in [5.74, 6) is 0.775. The quantitative estimate of drug-likeness (QED) is 0.208. The first-order chi connectivity index (χ1) is 11.7. The van der Waals surface area contributed by atoms with E-state index in [2.05, 4.69) is 58.6 Å². The van der Waals surface area contributed by atoms with E-state index in [-0.39, 0.29) is 0 Å². The highest BCUT2D eigenvalue weighted by molar-refractivity contribution is 5.16. The second-order valence-electron chi connectivity index (χ2n) is 6.86. The van der Waals surface area contributed by atoms with Crippen molar-refractivity contribution < 1.29 is 0 Å². The van der Waals surface area contributed by atoms with Gasteiger partial charge in [-0.05, 0) is 90.4 Å². The van der Waals surface area contributed by atoms with Crippen LogP contribution in [-0.2, 0) is 0 Å². The van der Waals surface area contributed by atoms with Crippen molar-refractivity contribution in [3.8, 4) is 0 Å². The topological polar surface area (TPSA) is 0 Å². The molecule has 0 heterocycles. The van der Waals surface area contributed by atoms with E-state index in [1.54, 1.807) is 11.1 Å². The van der Waals surface area contributed by atoms with Crippen molar-refractivity contribution in [2.24, 2.45) is 5.92 Å². The van der Waals surface area contributed by atoms with E-state index in [1.165, 1.54) is 57.8 Å². The van der Waals surface area contributed by atoms with Crippen molar-refractivity contribution in [1.82, 2.24) is 0 Å². The van der Waals surface area contributed by atoms with E-state index in [9.17, 15) is 0 Å². The molecule has 0 spiro atoms. The Morgan fingerprint density at radius 2 is 1.71 bits per heavy atom. The first-order valence-electron chi connectivity index (χ1n) is 10.3. The van der Waals surface area contributed by atoms with Gasteiger partial charge >= 0.3 is 0 Å². The van der Waals surface area contributed by atoms with Gasteiger partial charge < -0.3 is 0 Å². The Morgan fingerprint density at radius 1 is 0.917 bits per heavy atom. The third kappa shape index (κ3) is 11.5. The minimum atomic E-state index is 0.775. The van der Waals surface area contributed by atoms with Crippen LogP contribution in [0.2, 0.25) is 0 Å². The van der Waals surface area contributed by atoms with E-state index in [4.69, 9.17) is 0 Å². The van der Waals surface area contributed by atoms with Crippen molar-refractivity contribution in [2.75, 3.05) is 0 Å². The lowest BCUT2D eigenvalue weighted by molar-refractivity contribution is 0.513. The highest BCUT2D eigenvalue weighted by atomic mass is 14.2. The zero-order chi connectivity index (χ0) is 18.0. The Hall–Kier alpha value is -1.04. The van der Waals surface area contributed by atoms with Crippen molar-refractivity contribution in [3.05, 3.63) is 48.1 Å². The summed E-state index contributed by atoms with van der Waals surface area (Å²) in [7, 11) is 0. The van der Waals surface area contributed by atoms with Crippen LogP contribution in [0.4, 0.5) is 0 Å². The van der Waals surface area contributed by atoms with Gasteiger partial charge in [-0.1, -0.05) is 55.4 Å². The van der Waals surface area contributed by atoms with Gasteiger partial charge in [-0.3, -0.25) is 0 Å². The Kier molecular flexibility index (Phi) is 16.1. The van der Waals surface area contributed by atoms with Crippen LogP contribution in [0.25, 0.3) is 0 Å². The third-order valence-electron chi connectivity index (χ3n) is 4.88. The van der Waals surface area contributed by atoms with Crippen LogP contribution in [0, 0.1) is 5.92 Å². The monoisotopic (exact) mass is 330 g/mol. The molecular formula is C24H42. The van der Waals surface area contributed by atoms with Crippen molar-refractivity contribution in [3.63, 3.8) is 0 Å². The van der Waals surface area contributed by atoms with Crippen molar-refractivity contribution in [2.45, 2.75) is 98.3 Å². The lowest BCUT2D eigenvalue weighted by Crippen LogP contribution is -2.06. The fourth-order valence-electron chi connectivity index (χ4n) is 3.39. The average molecular weight is 331 g/mol. The van der Waals surface area contributed by atoms with Gasteiger partial charge in [0.1, 0.15) is 0 Å². The molecule has 138 valence electrons. The molecule has 0 saturated heterocycles. The maximum Gasteiger partial charge on any atom is -0.0200 e. The number of hydrogen-bond donors (Lipinski definition) is 0. The second-order valence-corrected chi connectivity index (χ2v) is 6.86. The summed E-state index contributed by atoms with van der Waals surface area (Å²) in [5.41, 5.74) is 3.44. The maximum atomic E-state index is 3.84. The number of allylic oxidation sites excluding steroid dienone is 7. The summed E-state index contributed by atoms with van der Waals surface area (Å²) in [5, 5.41) is 0. The smallest absolute Gasteiger partial charge is 0.0200 e. The van der Waals surface area contributed by atoms with E-state index in [0.29, 0.717) is 0 Å². The van der Waals surface area contributed by atoms with Crippen LogP contribution >= 0.6 is 0 Å². The molecule has 1 atom stereocenters. The Balaban J connectivity index is 4.82. The van der Waals surface area contributed by atoms with Crippen LogP contribution in [0.5, 0.6) is 0 Å². The van der Waals surface area contributed by atoms with Gasteiger partial charge in [-0.25, -0.2) is 0 Å². The predicted octanol–water partition coefficient (Wildman–Crippen LogP) is 8.57. The summed E-state index contributed by atoms with van der Waals surface area (Å²) in [6, 6.07) is 0. The highest BCUT2D eigenvalue weighted by Crippen LogP contribution is 2.30. The molecule has 0 bridgehead atoms. The SMILES string of the molecule is C=CCCCCC(C)=C(CCCC=CC)C(CC)CCC=CCC. The van der Waals surface area contributed by atoms with Crippen LogP contribution in [0.15, 0.2) is 48.1 Å². The molecular weight excluding hydrogens is 288 g/mol. The first-order valence-corrected chi connectivity index (χ1v) is 10.3. The number of hydrogen-bond acceptors (Lipinski definition) is 0. The largest absolute Gasteiger partial charge is 0.103 e. The molecule has 0 radical (unpaired) electrons. The molecule has 0 fully saturated rings. The second kappa shape index (κ2) is 16.8. The third-order valence-corrected chi connectivity index (χ3v) is 4.88. The normalized spacial score (nSPS) is 14.3. The van der Waals surface area contributed by atoms with Gasteiger partial charge in [0.25, 0.3) is 0 Å². The van der Waals surface area contributed by atoms with E-state index < -0.39 is 0 Å². The molecule has 0 nitrogen and oxygen atoms in total. The first kappa shape index (κ1) is 23.0. The van der Waals surface area contributed by atoms with Gasteiger partial charge in [-0.2, -0.15) is 0 Å². The lowest BCUT2D eigenvalue weighted by Gasteiger charge is -2.22. The standard InChI is InChI=1S/C24H42/c1-6-10-13-16-19-22(5)24(21-18-15-12-8-3)23(9-4)20-17-14-11-7-2/h6,8,11-12,14,23H,1,7,9-10,13,15-21H2,2-5H3. The molecule has 0 rings (SSSR count). The zero-order valence-corrected chi connectivity index (χ0v) is 16.9. The molecule has 0 N–H and O–H groups in total. The van der Waals surface area contributed by atoms with Crippen LogP contribution < -0.4 is 0 Å². The minimum Gasteiger partial charge on any atom is -0.103 e. The maximum absolute atomic E-state index is 3.84. The molecule has 0 aliphatic carbocycles. The summed E-state index contributed by atoms with van der Waals surface area (Å²) in [6.45, 7) is 12.9. The number of unbranched alkanes of at least 4 members (excludes halogenated alkanes) is 3. The zero-order valence-electron chi connectivity index (χ0n) is 16.9. The molecule has 0 aromatic rings. The van der Waals surface area contributed by atoms with Gasteiger partial charge in [0.05, 0.1) is 0 Å². The lowest BCUT2D eigenvalue weighted by atomic mass is 9.84. The van der Waals surface area contributed by atoms with E-state index in [0.717, 1.165) is 18.8 Å². The van der Waals surface area contributed by atoms with Crippen LogP contribution in [0.1, 0.15) is 98.3 Å². The summed E-state index contributed by atoms with van der Waals surface area (Å²) in [6.07, 6.45) is 25.0. The minimum absolute atomic E-state index is 0.775. The van der Waals surface area contributed by atoms with Crippen molar-refractivity contribution >= 4 is 0 Å². The molecule has 0 aromatic carbocycles. The number of rotatable bonds is 15. The van der Waals surface area contributed by atoms with E-state index in [1.807, 2.05) is 6.08 Å². The molecule has 0 heteroatoms. The predicted molar refractivity (Wildman–Crippen MR) is 112 cm³/mol. The molecule has 0 aliphatic heterocycles. The summed E-state index contributed by atoms with van der Waals surface area (Å²) >= 11 is 0. The Bertz CT molecular complexity index is 381. The van der Waals surface area contributed by atoms with Gasteiger partial charge in [-0.15, -0.1) is 6.58 Å². The fourth-order valence-corrected chi connectivity index (χ4v) is 3.39.